The van der Waals surface area contributed by atoms with E-state index >= 15 is 0 Å². The van der Waals surface area contributed by atoms with Gasteiger partial charge < -0.3 is 15.0 Å². The van der Waals surface area contributed by atoms with Gasteiger partial charge in [-0.3, -0.25) is 0 Å². The summed E-state index contributed by atoms with van der Waals surface area (Å²) >= 11 is 0. The average molecular weight is 384 g/mol. The summed E-state index contributed by atoms with van der Waals surface area (Å²) in [4.78, 5) is 14.8. The number of hydrogen-bond acceptors (Lipinski definition) is 3. The molecule has 4 heteroatoms. The third-order valence-corrected chi connectivity index (χ3v) is 5.84. The molecule has 1 aliphatic heterocycles. The smallest absolute Gasteiger partial charge is 0.410 e. The molecule has 0 atom stereocenters. The van der Waals surface area contributed by atoms with Crippen LogP contribution in [0.2, 0.25) is 0 Å². The van der Waals surface area contributed by atoms with Crippen LogP contribution in [0.1, 0.15) is 22.3 Å². The number of carbonyl (C=O) groups excluding carboxylic acids is 1. The number of nitrogens with zero attached hydrogens (tertiary/aromatic N) is 1. The van der Waals surface area contributed by atoms with Gasteiger partial charge in [0.2, 0.25) is 0 Å². The molecular formula is C25H24N2O2. The summed E-state index contributed by atoms with van der Waals surface area (Å²) in [7, 11) is 0. The van der Waals surface area contributed by atoms with Gasteiger partial charge in [-0.05, 0) is 59.7 Å². The number of amides is 1. The number of benzene rings is 3. The van der Waals surface area contributed by atoms with Crippen LogP contribution >= 0.6 is 0 Å². The molecule has 4 nitrogen and oxygen atoms in total. The minimum Gasteiger partial charge on any atom is -0.410 e. The first-order valence-corrected chi connectivity index (χ1v) is 10.2. The number of carbonyl (C=O) groups is 1. The first kappa shape index (κ1) is 17.8. The van der Waals surface area contributed by atoms with Crippen LogP contribution in [0, 0.1) is 0 Å². The van der Waals surface area contributed by atoms with Crippen LogP contribution in [0.25, 0.3) is 0 Å². The highest BCUT2D eigenvalue weighted by molar-refractivity contribution is 5.72. The Hall–Kier alpha value is -3.27. The van der Waals surface area contributed by atoms with Crippen LogP contribution in [-0.2, 0) is 25.8 Å². The van der Waals surface area contributed by atoms with Crippen molar-refractivity contribution in [3.05, 3.63) is 95.1 Å². The summed E-state index contributed by atoms with van der Waals surface area (Å²) in [6.45, 7) is 1.89. The Kier molecular flexibility index (Phi) is 4.68. The largest absolute Gasteiger partial charge is 0.412 e. The highest BCUT2D eigenvalue weighted by Crippen LogP contribution is 2.32. The molecule has 1 aliphatic carbocycles. The molecule has 0 aromatic heterocycles. The predicted molar refractivity (Wildman–Crippen MR) is 114 cm³/mol. The molecule has 0 saturated carbocycles. The van der Waals surface area contributed by atoms with Gasteiger partial charge in [0.15, 0.2) is 0 Å². The van der Waals surface area contributed by atoms with Crippen LogP contribution in [0.3, 0.4) is 0 Å². The molecule has 0 bridgehead atoms. The number of ether oxygens (including phenoxy) is 1. The molecule has 3 aromatic carbocycles. The van der Waals surface area contributed by atoms with E-state index in [9.17, 15) is 4.79 Å². The van der Waals surface area contributed by atoms with Crippen LogP contribution < -0.4 is 15.0 Å². The van der Waals surface area contributed by atoms with Crippen LogP contribution in [-0.4, -0.2) is 18.7 Å². The molecule has 146 valence electrons. The summed E-state index contributed by atoms with van der Waals surface area (Å²) in [6, 6.07) is 24.9. The molecule has 5 rings (SSSR count). The van der Waals surface area contributed by atoms with Crippen molar-refractivity contribution in [2.45, 2.75) is 31.8 Å². The van der Waals surface area contributed by atoms with Crippen LogP contribution in [0.15, 0.2) is 72.8 Å². The zero-order chi connectivity index (χ0) is 19.6. The van der Waals surface area contributed by atoms with Gasteiger partial charge in [-0.2, -0.15) is 0 Å². The molecule has 2 aliphatic rings. The Balaban J connectivity index is 1.20. The van der Waals surface area contributed by atoms with Gasteiger partial charge in [0.25, 0.3) is 0 Å². The van der Waals surface area contributed by atoms with Crippen molar-refractivity contribution in [1.29, 1.82) is 0 Å². The fraction of sp³-hybridized carbons (Fsp3) is 0.240. The topological polar surface area (TPSA) is 41.6 Å². The molecule has 0 spiro atoms. The molecular weight excluding hydrogens is 360 g/mol. The van der Waals surface area contributed by atoms with Gasteiger partial charge in [-0.1, -0.05) is 54.6 Å². The molecule has 3 aromatic rings. The standard InChI is InChI=1S/C25H24N2O2/c28-25(26-22-14-19-8-4-5-9-20(19)15-22)29-23-10-11-24-21(16-23)12-13-27(24)17-18-6-2-1-3-7-18/h1-11,16,22H,12-15,17H2,(H,26,28). The predicted octanol–water partition coefficient (Wildman–Crippen LogP) is 4.51. The molecule has 0 radical (unpaired) electrons. The number of anilines is 1. The molecule has 1 amide bonds. The van der Waals surface area contributed by atoms with Gasteiger partial charge in [0.05, 0.1) is 0 Å². The lowest BCUT2D eigenvalue weighted by Crippen LogP contribution is -2.37. The van der Waals surface area contributed by atoms with Gasteiger partial charge in [-0.25, -0.2) is 4.79 Å². The van der Waals surface area contributed by atoms with E-state index in [4.69, 9.17) is 4.74 Å². The SMILES string of the molecule is O=C(NC1Cc2ccccc2C1)Oc1ccc2c(c1)CCN2Cc1ccccc1. The van der Waals surface area contributed by atoms with E-state index in [2.05, 4.69) is 52.7 Å². The van der Waals surface area contributed by atoms with E-state index in [-0.39, 0.29) is 12.1 Å². The van der Waals surface area contributed by atoms with Crippen molar-refractivity contribution in [2.24, 2.45) is 0 Å². The van der Waals surface area contributed by atoms with Crippen LogP contribution in [0.5, 0.6) is 5.75 Å². The van der Waals surface area contributed by atoms with E-state index < -0.39 is 0 Å². The monoisotopic (exact) mass is 384 g/mol. The number of rotatable bonds is 4. The van der Waals surface area contributed by atoms with Crippen molar-refractivity contribution in [1.82, 2.24) is 5.32 Å². The number of hydrogen-bond donors (Lipinski definition) is 1. The first-order valence-electron chi connectivity index (χ1n) is 10.2. The summed E-state index contributed by atoms with van der Waals surface area (Å²) in [5, 5.41) is 3.01. The number of nitrogens with one attached hydrogen (secondary N) is 1. The second-order valence-corrected chi connectivity index (χ2v) is 7.86. The highest BCUT2D eigenvalue weighted by Gasteiger charge is 2.24. The molecule has 0 unspecified atom stereocenters. The first-order chi connectivity index (χ1) is 14.2. The Labute approximate surface area is 171 Å². The quantitative estimate of drug-likeness (QED) is 0.720. The minimum atomic E-state index is -0.373. The summed E-state index contributed by atoms with van der Waals surface area (Å²) in [6.07, 6.45) is 2.33. The van der Waals surface area contributed by atoms with Crippen molar-refractivity contribution in [3.63, 3.8) is 0 Å². The number of fused-ring (bicyclic) bond motifs is 2. The summed E-state index contributed by atoms with van der Waals surface area (Å²) in [5.74, 6) is 0.610. The van der Waals surface area contributed by atoms with E-state index in [0.717, 1.165) is 32.4 Å². The lowest BCUT2D eigenvalue weighted by atomic mass is 10.1. The fourth-order valence-corrected chi connectivity index (χ4v) is 4.44. The average Bonchev–Trinajstić information content (AvgIpc) is 3.32. The summed E-state index contributed by atoms with van der Waals surface area (Å²) in [5.41, 5.74) is 6.40. The normalized spacial score (nSPS) is 15.1. The van der Waals surface area contributed by atoms with E-state index in [1.54, 1.807) is 0 Å². The Bertz CT molecular complexity index is 1010. The fourth-order valence-electron chi connectivity index (χ4n) is 4.44. The van der Waals surface area contributed by atoms with Crippen molar-refractivity contribution < 1.29 is 9.53 Å². The van der Waals surface area contributed by atoms with Crippen molar-refractivity contribution in [2.75, 3.05) is 11.4 Å². The summed E-state index contributed by atoms with van der Waals surface area (Å²) < 4.78 is 5.59. The second kappa shape index (κ2) is 7.63. The Morgan fingerprint density at radius 1 is 0.931 bits per heavy atom. The maximum Gasteiger partial charge on any atom is 0.412 e. The Morgan fingerprint density at radius 3 is 2.41 bits per heavy atom. The van der Waals surface area contributed by atoms with Gasteiger partial charge in [-0.15, -0.1) is 0 Å². The van der Waals surface area contributed by atoms with E-state index in [1.807, 2.05) is 30.3 Å². The van der Waals surface area contributed by atoms with E-state index in [0.29, 0.717) is 5.75 Å². The highest BCUT2D eigenvalue weighted by atomic mass is 16.6. The van der Waals surface area contributed by atoms with Crippen molar-refractivity contribution >= 4 is 11.8 Å². The molecule has 29 heavy (non-hydrogen) atoms. The zero-order valence-corrected chi connectivity index (χ0v) is 16.3. The molecule has 1 heterocycles. The van der Waals surface area contributed by atoms with Gasteiger partial charge in [0.1, 0.15) is 5.75 Å². The molecule has 0 fully saturated rings. The maximum atomic E-state index is 12.4. The van der Waals surface area contributed by atoms with Crippen LogP contribution in [0.4, 0.5) is 10.5 Å². The Morgan fingerprint density at radius 2 is 1.66 bits per heavy atom. The zero-order valence-electron chi connectivity index (χ0n) is 16.3. The van der Waals surface area contributed by atoms with E-state index in [1.165, 1.54) is 27.9 Å². The second-order valence-electron chi connectivity index (χ2n) is 7.86. The minimum absolute atomic E-state index is 0.107. The maximum absolute atomic E-state index is 12.4. The van der Waals surface area contributed by atoms with Gasteiger partial charge >= 0.3 is 6.09 Å². The molecule has 1 N–H and O–H groups in total. The lowest BCUT2D eigenvalue weighted by molar-refractivity contribution is 0.196. The van der Waals surface area contributed by atoms with Crippen molar-refractivity contribution in [3.8, 4) is 5.75 Å². The van der Waals surface area contributed by atoms with Gasteiger partial charge in [0, 0.05) is 24.8 Å². The molecule has 0 saturated heterocycles. The lowest BCUT2D eigenvalue weighted by Gasteiger charge is -2.19. The third-order valence-electron chi connectivity index (χ3n) is 5.84. The third kappa shape index (κ3) is 3.83.